The summed E-state index contributed by atoms with van der Waals surface area (Å²) in [4.78, 5) is 0.323. The fraction of sp³-hybridized carbons (Fsp3) is 0.600. The SMILES string of the molecule is CC(C)NCC1CCCN(S(=O)(=O)c2ccc(Cl)cc2)C1. The smallest absolute Gasteiger partial charge is 0.243 e. The summed E-state index contributed by atoms with van der Waals surface area (Å²) in [6, 6.07) is 6.82. The predicted octanol–water partition coefficient (Wildman–Crippen LogP) is 2.74. The van der Waals surface area contributed by atoms with Gasteiger partial charge in [-0.25, -0.2) is 8.42 Å². The number of rotatable bonds is 5. The molecule has 4 nitrogen and oxygen atoms in total. The number of benzene rings is 1. The van der Waals surface area contributed by atoms with E-state index in [-0.39, 0.29) is 0 Å². The molecule has 0 amide bonds. The highest BCUT2D eigenvalue weighted by Crippen LogP contribution is 2.24. The Kier molecular flexibility index (Phi) is 5.66. The Morgan fingerprint density at radius 1 is 1.33 bits per heavy atom. The average molecular weight is 331 g/mol. The predicted molar refractivity (Wildman–Crippen MR) is 86.1 cm³/mol. The third kappa shape index (κ3) is 4.42. The maximum atomic E-state index is 12.6. The Bertz CT molecular complexity index is 558. The molecule has 1 fully saturated rings. The summed E-state index contributed by atoms with van der Waals surface area (Å²) in [5.74, 6) is 0.378. The van der Waals surface area contributed by atoms with Gasteiger partial charge in [-0.1, -0.05) is 25.4 Å². The number of halogens is 1. The topological polar surface area (TPSA) is 49.4 Å². The van der Waals surface area contributed by atoms with E-state index in [2.05, 4.69) is 19.2 Å². The highest BCUT2D eigenvalue weighted by molar-refractivity contribution is 7.89. The van der Waals surface area contributed by atoms with E-state index in [0.29, 0.717) is 35.0 Å². The standard InChI is InChI=1S/C15H23ClN2O2S/c1-12(2)17-10-13-4-3-9-18(11-13)21(19,20)15-7-5-14(16)6-8-15/h5-8,12-13,17H,3-4,9-11H2,1-2H3. The molecule has 6 heteroatoms. The lowest BCUT2D eigenvalue weighted by molar-refractivity contribution is 0.256. The molecule has 1 atom stereocenters. The number of hydrogen-bond acceptors (Lipinski definition) is 3. The molecule has 0 saturated carbocycles. The van der Waals surface area contributed by atoms with Crippen molar-refractivity contribution in [3.63, 3.8) is 0 Å². The lowest BCUT2D eigenvalue weighted by atomic mass is 9.99. The highest BCUT2D eigenvalue weighted by atomic mass is 35.5. The normalized spacial score (nSPS) is 20.9. The molecule has 0 radical (unpaired) electrons. The van der Waals surface area contributed by atoms with E-state index in [4.69, 9.17) is 11.6 Å². The van der Waals surface area contributed by atoms with Gasteiger partial charge in [0.1, 0.15) is 0 Å². The molecule has 1 heterocycles. The van der Waals surface area contributed by atoms with Gasteiger partial charge in [0.05, 0.1) is 4.90 Å². The van der Waals surface area contributed by atoms with Crippen molar-refractivity contribution in [3.8, 4) is 0 Å². The second-order valence-corrected chi connectivity index (χ2v) is 8.26. The van der Waals surface area contributed by atoms with Crippen LogP contribution in [0.3, 0.4) is 0 Å². The molecule has 1 aromatic carbocycles. The molecule has 1 unspecified atom stereocenters. The molecule has 1 aliphatic heterocycles. The zero-order chi connectivity index (χ0) is 15.5. The third-order valence-electron chi connectivity index (χ3n) is 3.75. The zero-order valence-electron chi connectivity index (χ0n) is 12.5. The summed E-state index contributed by atoms with van der Waals surface area (Å²) >= 11 is 5.82. The van der Waals surface area contributed by atoms with Crippen LogP contribution in [0.1, 0.15) is 26.7 Å². The van der Waals surface area contributed by atoms with Crippen LogP contribution in [0.5, 0.6) is 0 Å². The minimum Gasteiger partial charge on any atom is -0.314 e. The molecular weight excluding hydrogens is 308 g/mol. The van der Waals surface area contributed by atoms with Crippen LogP contribution in [0.2, 0.25) is 5.02 Å². The first-order valence-electron chi connectivity index (χ1n) is 7.38. The molecule has 0 aromatic heterocycles. The highest BCUT2D eigenvalue weighted by Gasteiger charge is 2.30. The maximum Gasteiger partial charge on any atom is 0.243 e. The number of piperidine rings is 1. The van der Waals surface area contributed by atoms with Gasteiger partial charge in [-0.2, -0.15) is 4.31 Å². The monoisotopic (exact) mass is 330 g/mol. The van der Waals surface area contributed by atoms with Crippen molar-refractivity contribution >= 4 is 21.6 Å². The molecule has 1 aliphatic rings. The van der Waals surface area contributed by atoms with Crippen LogP contribution in [-0.2, 0) is 10.0 Å². The zero-order valence-corrected chi connectivity index (χ0v) is 14.1. The molecule has 0 aliphatic carbocycles. The second kappa shape index (κ2) is 7.09. The second-order valence-electron chi connectivity index (χ2n) is 5.89. The first kappa shape index (κ1) is 16.7. The number of nitrogens with one attached hydrogen (secondary N) is 1. The van der Waals surface area contributed by atoms with Crippen molar-refractivity contribution in [1.29, 1.82) is 0 Å². The Morgan fingerprint density at radius 3 is 2.62 bits per heavy atom. The first-order chi connectivity index (χ1) is 9.89. The van der Waals surface area contributed by atoms with Gasteiger partial charge < -0.3 is 5.32 Å². The van der Waals surface area contributed by atoms with Gasteiger partial charge in [-0.05, 0) is 49.6 Å². The van der Waals surface area contributed by atoms with Crippen molar-refractivity contribution in [2.24, 2.45) is 5.92 Å². The van der Waals surface area contributed by atoms with E-state index in [1.165, 1.54) is 0 Å². The van der Waals surface area contributed by atoms with Crippen molar-refractivity contribution in [2.45, 2.75) is 37.6 Å². The Labute approximate surface area is 132 Å². The van der Waals surface area contributed by atoms with E-state index >= 15 is 0 Å². The van der Waals surface area contributed by atoms with Crippen molar-refractivity contribution in [2.75, 3.05) is 19.6 Å². The summed E-state index contributed by atoms with van der Waals surface area (Å²) in [7, 11) is -3.40. The Morgan fingerprint density at radius 2 is 2.00 bits per heavy atom. The van der Waals surface area contributed by atoms with Crippen LogP contribution in [0.25, 0.3) is 0 Å². The molecule has 2 rings (SSSR count). The molecule has 21 heavy (non-hydrogen) atoms. The minimum atomic E-state index is -3.40. The van der Waals surface area contributed by atoms with Gasteiger partial charge in [0.2, 0.25) is 10.0 Å². The van der Waals surface area contributed by atoms with Crippen molar-refractivity contribution < 1.29 is 8.42 Å². The van der Waals surface area contributed by atoms with E-state index in [1.54, 1.807) is 28.6 Å². The quantitative estimate of drug-likeness (QED) is 0.903. The van der Waals surface area contributed by atoms with Gasteiger partial charge in [0.25, 0.3) is 0 Å². The van der Waals surface area contributed by atoms with Crippen molar-refractivity contribution in [1.82, 2.24) is 9.62 Å². The largest absolute Gasteiger partial charge is 0.314 e. The Hall–Kier alpha value is -0.620. The molecule has 118 valence electrons. The van der Waals surface area contributed by atoms with Crippen molar-refractivity contribution in [3.05, 3.63) is 29.3 Å². The fourth-order valence-electron chi connectivity index (χ4n) is 2.57. The summed E-state index contributed by atoms with van der Waals surface area (Å²) in [5, 5.41) is 3.94. The van der Waals surface area contributed by atoms with Crippen LogP contribution < -0.4 is 5.32 Å². The molecule has 0 bridgehead atoms. The van der Waals surface area contributed by atoms with Gasteiger partial charge in [0, 0.05) is 24.2 Å². The van der Waals surface area contributed by atoms with Gasteiger partial charge >= 0.3 is 0 Å². The maximum absolute atomic E-state index is 12.6. The molecule has 1 N–H and O–H groups in total. The first-order valence-corrected chi connectivity index (χ1v) is 9.20. The summed E-state index contributed by atoms with van der Waals surface area (Å²) in [6.45, 7) is 6.26. The van der Waals surface area contributed by atoms with Crippen LogP contribution in [0.4, 0.5) is 0 Å². The number of nitrogens with zero attached hydrogens (tertiary/aromatic N) is 1. The average Bonchev–Trinajstić information content (AvgIpc) is 2.46. The number of sulfonamides is 1. The molecule has 0 spiro atoms. The van der Waals surface area contributed by atoms with E-state index in [0.717, 1.165) is 19.4 Å². The van der Waals surface area contributed by atoms with Crippen LogP contribution >= 0.6 is 11.6 Å². The van der Waals surface area contributed by atoms with Crippen LogP contribution in [-0.4, -0.2) is 38.4 Å². The van der Waals surface area contributed by atoms with Gasteiger partial charge in [0.15, 0.2) is 0 Å². The van der Waals surface area contributed by atoms with Crippen LogP contribution in [0, 0.1) is 5.92 Å². The summed E-state index contributed by atoms with van der Waals surface area (Å²) < 4.78 is 26.9. The van der Waals surface area contributed by atoms with Gasteiger partial charge in [-0.3, -0.25) is 0 Å². The Balaban J connectivity index is 2.07. The number of hydrogen-bond donors (Lipinski definition) is 1. The van der Waals surface area contributed by atoms with Crippen LogP contribution in [0.15, 0.2) is 29.2 Å². The molecular formula is C15H23ClN2O2S. The minimum absolute atomic E-state index is 0.323. The summed E-state index contributed by atoms with van der Waals surface area (Å²) in [5.41, 5.74) is 0. The van der Waals surface area contributed by atoms with E-state index in [9.17, 15) is 8.42 Å². The van der Waals surface area contributed by atoms with Gasteiger partial charge in [-0.15, -0.1) is 0 Å². The lowest BCUT2D eigenvalue weighted by Crippen LogP contribution is -2.43. The molecule has 1 saturated heterocycles. The lowest BCUT2D eigenvalue weighted by Gasteiger charge is -2.32. The van der Waals surface area contributed by atoms with E-state index < -0.39 is 10.0 Å². The molecule has 1 aromatic rings. The van der Waals surface area contributed by atoms with E-state index in [1.807, 2.05) is 0 Å². The fourth-order valence-corrected chi connectivity index (χ4v) is 4.25. The summed E-state index contributed by atoms with van der Waals surface area (Å²) in [6.07, 6.45) is 1.99. The third-order valence-corrected chi connectivity index (χ3v) is 5.88.